The molecule has 1 saturated carbocycles. The van der Waals surface area contributed by atoms with Gasteiger partial charge in [0.25, 0.3) is 5.19 Å². The number of rotatable bonds is 3. The highest BCUT2D eigenvalue weighted by molar-refractivity contribution is 7.13. The van der Waals surface area contributed by atoms with Gasteiger partial charge in [-0.15, -0.1) is 0 Å². The Morgan fingerprint density at radius 3 is 2.85 bits per heavy atom. The van der Waals surface area contributed by atoms with Crippen LogP contribution in [-0.2, 0) is 5.41 Å². The third kappa shape index (κ3) is 1.34. The smallest absolute Gasteiger partial charge is 0.273 e. The Labute approximate surface area is 81.4 Å². The molecule has 1 fully saturated rings. The van der Waals surface area contributed by atoms with Crippen molar-refractivity contribution in [1.29, 1.82) is 0 Å². The second kappa shape index (κ2) is 3.27. The van der Waals surface area contributed by atoms with E-state index in [4.69, 9.17) is 4.74 Å². The summed E-state index contributed by atoms with van der Waals surface area (Å²) in [6.45, 7) is 0.234. The summed E-state index contributed by atoms with van der Waals surface area (Å²) < 4.78 is 5.03. The molecule has 72 valence electrons. The van der Waals surface area contributed by atoms with E-state index in [9.17, 15) is 5.11 Å². The van der Waals surface area contributed by atoms with Crippen molar-refractivity contribution in [3.8, 4) is 5.19 Å². The minimum absolute atomic E-state index is 0.00838. The van der Waals surface area contributed by atoms with Crippen LogP contribution in [-0.4, -0.2) is 23.8 Å². The molecule has 0 aliphatic heterocycles. The molecule has 4 heteroatoms. The van der Waals surface area contributed by atoms with E-state index in [0.29, 0.717) is 5.19 Å². The Morgan fingerprint density at radius 2 is 2.46 bits per heavy atom. The van der Waals surface area contributed by atoms with E-state index in [1.165, 1.54) is 6.42 Å². The van der Waals surface area contributed by atoms with Gasteiger partial charge in [-0.3, -0.25) is 0 Å². The summed E-state index contributed by atoms with van der Waals surface area (Å²) in [5, 5.41) is 10.00. The van der Waals surface area contributed by atoms with E-state index in [0.717, 1.165) is 17.7 Å². The van der Waals surface area contributed by atoms with Crippen LogP contribution in [0.15, 0.2) is 6.20 Å². The van der Waals surface area contributed by atoms with E-state index >= 15 is 0 Å². The van der Waals surface area contributed by atoms with Crippen molar-refractivity contribution in [3.63, 3.8) is 0 Å². The molecule has 0 amide bonds. The Hall–Kier alpha value is -0.610. The van der Waals surface area contributed by atoms with Gasteiger partial charge in [-0.1, -0.05) is 17.8 Å². The van der Waals surface area contributed by atoms with Crippen LogP contribution in [0.4, 0.5) is 0 Å². The lowest BCUT2D eigenvalue weighted by atomic mass is 9.69. The number of ether oxygens (including phenoxy) is 1. The van der Waals surface area contributed by atoms with Crippen molar-refractivity contribution in [2.24, 2.45) is 0 Å². The lowest BCUT2D eigenvalue weighted by Crippen LogP contribution is -2.36. The highest BCUT2D eigenvalue weighted by Gasteiger charge is 2.39. The van der Waals surface area contributed by atoms with Gasteiger partial charge in [0, 0.05) is 16.5 Å². The van der Waals surface area contributed by atoms with E-state index in [2.05, 4.69) is 4.98 Å². The summed E-state index contributed by atoms with van der Waals surface area (Å²) >= 11 is 1.55. The monoisotopic (exact) mass is 199 g/mol. The van der Waals surface area contributed by atoms with Crippen molar-refractivity contribution in [3.05, 3.63) is 11.1 Å². The van der Waals surface area contributed by atoms with Gasteiger partial charge in [-0.2, -0.15) is 0 Å². The zero-order valence-corrected chi connectivity index (χ0v) is 8.43. The molecule has 0 unspecified atom stereocenters. The fourth-order valence-electron chi connectivity index (χ4n) is 1.68. The van der Waals surface area contributed by atoms with Crippen molar-refractivity contribution >= 4 is 11.3 Å². The van der Waals surface area contributed by atoms with Crippen LogP contribution >= 0.6 is 11.3 Å². The maximum Gasteiger partial charge on any atom is 0.273 e. The van der Waals surface area contributed by atoms with Crippen LogP contribution in [0.2, 0.25) is 0 Å². The Balaban J connectivity index is 2.23. The first-order valence-electron chi connectivity index (χ1n) is 4.42. The third-order valence-corrected chi connectivity index (χ3v) is 4.00. The molecule has 1 aliphatic rings. The predicted molar refractivity (Wildman–Crippen MR) is 51.3 cm³/mol. The van der Waals surface area contributed by atoms with Crippen molar-refractivity contribution in [1.82, 2.24) is 4.98 Å². The normalized spacial score (nSPS) is 19.5. The van der Waals surface area contributed by atoms with Gasteiger partial charge < -0.3 is 9.84 Å². The molecule has 1 aliphatic carbocycles. The van der Waals surface area contributed by atoms with E-state index in [1.54, 1.807) is 18.4 Å². The fourth-order valence-corrected chi connectivity index (χ4v) is 2.65. The molecule has 1 aromatic heterocycles. The van der Waals surface area contributed by atoms with E-state index in [1.807, 2.05) is 6.20 Å². The highest BCUT2D eigenvalue weighted by atomic mass is 32.1. The summed E-state index contributed by atoms with van der Waals surface area (Å²) in [7, 11) is 1.62. The first-order chi connectivity index (χ1) is 6.30. The lowest BCUT2D eigenvalue weighted by Gasteiger charge is -2.38. The van der Waals surface area contributed by atoms with Crippen molar-refractivity contribution in [2.75, 3.05) is 13.7 Å². The first kappa shape index (κ1) is 8.97. The zero-order valence-electron chi connectivity index (χ0n) is 7.62. The van der Waals surface area contributed by atoms with Crippen molar-refractivity contribution in [2.45, 2.75) is 24.7 Å². The number of hydrogen-bond acceptors (Lipinski definition) is 4. The molecule has 13 heavy (non-hydrogen) atoms. The molecule has 0 radical (unpaired) electrons. The molecular formula is C9H13NO2S. The predicted octanol–water partition coefficient (Wildman–Crippen LogP) is 1.57. The minimum Gasteiger partial charge on any atom is -0.473 e. The summed E-state index contributed by atoms with van der Waals surface area (Å²) in [6, 6.07) is 0. The third-order valence-electron chi connectivity index (χ3n) is 2.80. The van der Waals surface area contributed by atoms with Crippen LogP contribution in [0.25, 0.3) is 0 Å². The molecule has 2 rings (SSSR count). The van der Waals surface area contributed by atoms with Crippen LogP contribution in [0.1, 0.15) is 24.1 Å². The summed E-state index contributed by atoms with van der Waals surface area (Å²) in [5.74, 6) is 0. The molecule has 0 atom stereocenters. The van der Waals surface area contributed by atoms with Gasteiger partial charge in [0.15, 0.2) is 0 Å². The quantitative estimate of drug-likeness (QED) is 0.803. The molecular weight excluding hydrogens is 186 g/mol. The Bertz CT molecular complexity index is 288. The van der Waals surface area contributed by atoms with Crippen LogP contribution in [0, 0.1) is 0 Å². The molecule has 1 N–H and O–H groups in total. The number of nitrogens with zero attached hydrogens (tertiary/aromatic N) is 1. The number of thiazole rings is 1. The van der Waals surface area contributed by atoms with Gasteiger partial charge in [-0.05, 0) is 12.8 Å². The summed E-state index contributed by atoms with van der Waals surface area (Å²) in [4.78, 5) is 5.28. The summed E-state index contributed by atoms with van der Waals surface area (Å²) in [6.07, 6.45) is 5.20. The Morgan fingerprint density at radius 1 is 1.69 bits per heavy atom. The first-order valence-corrected chi connectivity index (χ1v) is 5.23. The van der Waals surface area contributed by atoms with E-state index < -0.39 is 0 Å². The number of aliphatic hydroxyl groups is 1. The number of methoxy groups -OCH3 is 1. The van der Waals surface area contributed by atoms with Crippen LogP contribution in [0.3, 0.4) is 0 Å². The second-order valence-electron chi connectivity index (χ2n) is 3.49. The molecule has 1 aromatic rings. The average molecular weight is 199 g/mol. The van der Waals surface area contributed by atoms with Crippen LogP contribution in [0.5, 0.6) is 5.19 Å². The van der Waals surface area contributed by atoms with Gasteiger partial charge in [-0.25, -0.2) is 4.98 Å². The van der Waals surface area contributed by atoms with E-state index in [-0.39, 0.29) is 12.0 Å². The van der Waals surface area contributed by atoms with Gasteiger partial charge in [0.05, 0.1) is 13.7 Å². The number of aromatic nitrogens is 1. The lowest BCUT2D eigenvalue weighted by molar-refractivity contribution is 0.123. The maximum atomic E-state index is 9.31. The van der Waals surface area contributed by atoms with Crippen LogP contribution < -0.4 is 4.74 Å². The van der Waals surface area contributed by atoms with Gasteiger partial charge in [0.2, 0.25) is 0 Å². The fraction of sp³-hybridized carbons (Fsp3) is 0.667. The van der Waals surface area contributed by atoms with Crippen molar-refractivity contribution < 1.29 is 9.84 Å². The minimum atomic E-state index is 0.00838. The molecule has 3 nitrogen and oxygen atoms in total. The topological polar surface area (TPSA) is 42.4 Å². The van der Waals surface area contributed by atoms with Gasteiger partial charge >= 0.3 is 0 Å². The molecule has 1 heterocycles. The maximum absolute atomic E-state index is 9.31. The number of hydrogen-bond donors (Lipinski definition) is 1. The molecule has 0 aromatic carbocycles. The molecule has 0 bridgehead atoms. The highest BCUT2D eigenvalue weighted by Crippen LogP contribution is 2.46. The molecule has 0 spiro atoms. The Kier molecular flexibility index (Phi) is 2.26. The zero-order chi connectivity index (χ0) is 9.31. The SMILES string of the molecule is COc1ncc(C2(CO)CCC2)s1. The largest absolute Gasteiger partial charge is 0.473 e. The van der Waals surface area contributed by atoms with Gasteiger partial charge in [0.1, 0.15) is 0 Å². The standard InChI is InChI=1S/C9H13NO2S/c1-12-8-10-5-7(13-8)9(6-11)3-2-4-9/h5,11H,2-4,6H2,1H3. The molecule has 0 saturated heterocycles. The summed E-state index contributed by atoms with van der Waals surface area (Å²) in [5.41, 5.74) is 0.00838. The second-order valence-corrected chi connectivity index (χ2v) is 4.48. The number of aliphatic hydroxyl groups excluding tert-OH is 1. The average Bonchev–Trinajstić information content (AvgIpc) is 2.52.